The quantitative estimate of drug-likeness (QED) is 0.666. The van der Waals surface area contributed by atoms with Crippen molar-refractivity contribution in [3.05, 3.63) is 17.3 Å². The molecule has 5 heteroatoms. The molecule has 2 heterocycles. The summed E-state index contributed by atoms with van der Waals surface area (Å²) in [4.78, 5) is 10.9. The van der Waals surface area contributed by atoms with Crippen LogP contribution in [0.2, 0.25) is 0 Å². The van der Waals surface area contributed by atoms with Crippen LogP contribution in [0, 0.1) is 0 Å². The number of nitrogens with zero attached hydrogens (tertiary/aromatic N) is 2. The fourth-order valence-corrected chi connectivity index (χ4v) is 3.79. The Morgan fingerprint density at radius 3 is 2.74 bits per heavy atom. The lowest BCUT2D eigenvalue weighted by atomic mass is 10.1. The van der Waals surface area contributed by atoms with Gasteiger partial charge in [0.25, 0.3) is 0 Å². The van der Waals surface area contributed by atoms with E-state index in [1.807, 2.05) is 0 Å². The van der Waals surface area contributed by atoms with E-state index < -0.39 is 0 Å². The minimum Gasteiger partial charge on any atom is -0.367 e. The van der Waals surface area contributed by atoms with Crippen molar-refractivity contribution in [3.8, 4) is 0 Å². The third kappa shape index (κ3) is 3.00. The van der Waals surface area contributed by atoms with E-state index in [9.17, 15) is 0 Å². The highest BCUT2D eigenvalue weighted by Gasteiger charge is 2.15. The van der Waals surface area contributed by atoms with E-state index in [1.165, 1.54) is 38.5 Å². The molecule has 3 nitrogen and oxygen atoms in total. The Morgan fingerprint density at radius 2 is 2.00 bits per heavy atom. The molecular weight excluding hydrogens is 278 g/mol. The Hall–Kier alpha value is -0.870. The molecule has 1 aliphatic rings. The number of nitrogens with one attached hydrogen (secondary N) is 1. The van der Waals surface area contributed by atoms with Gasteiger partial charge in [-0.1, -0.05) is 25.7 Å². The number of hydrogen-bond acceptors (Lipinski definition) is 4. The van der Waals surface area contributed by atoms with Crippen molar-refractivity contribution < 1.29 is 0 Å². The fraction of sp³-hybridized carbons (Fsp3) is 0.571. The van der Waals surface area contributed by atoms with Gasteiger partial charge in [-0.15, -0.1) is 22.9 Å². The van der Waals surface area contributed by atoms with Gasteiger partial charge in [0.1, 0.15) is 17.0 Å². The van der Waals surface area contributed by atoms with Crippen molar-refractivity contribution in [1.82, 2.24) is 9.97 Å². The van der Waals surface area contributed by atoms with Crippen molar-refractivity contribution in [2.24, 2.45) is 0 Å². The monoisotopic (exact) mass is 295 g/mol. The lowest BCUT2D eigenvalue weighted by molar-refractivity contribution is 0.618. The molecule has 0 atom stereocenters. The van der Waals surface area contributed by atoms with E-state index in [0.717, 1.165) is 20.9 Å². The van der Waals surface area contributed by atoms with E-state index >= 15 is 0 Å². The standard InChI is InChI=1S/C14H18ClN3S/c15-8-11-7-12-13(16-9-17-14(12)19-11)18-10-5-3-1-2-4-6-10/h7,9-10H,1-6,8H2,(H,16,17,18). The van der Waals surface area contributed by atoms with Crippen molar-refractivity contribution in [1.29, 1.82) is 0 Å². The molecule has 19 heavy (non-hydrogen) atoms. The van der Waals surface area contributed by atoms with Gasteiger partial charge >= 0.3 is 0 Å². The van der Waals surface area contributed by atoms with Crippen LogP contribution >= 0.6 is 22.9 Å². The lowest BCUT2D eigenvalue weighted by Crippen LogP contribution is -2.19. The highest BCUT2D eigenvalue weighted by molar-refractivity contribution is 7.18. The van der Waals surface area contributed by atoms with Crippen molar-refractivity contribution in [2.45, 2.75) is 50.4 Å². The smallest absolute Gasteiger partial charge is 0.138 e. The molecule has 0 aliphatic heterocycles. The average molecular weight is 296 g/mol. The molecule has 2 aromatic rings. The van der Waals surface area contributed by atoms with Gasteiger partial charge in [0.05, 0.1) is 11.3 Å². The van der Waals surface area contributed by atoms with Gasteiger partial charge in [0.15, 0.2) is 0 Å². The first-order valence-electron chi connectivity index (χ1n) is 6.93. The molecule has 0 saturated heterocycles. The van der Waals surface area contributed by atoms with Crippen LogP contribution in [-0.2, 0) is 5.88 Å². The van der Waals surface area contributed by atoms with Gasteiger partial charge in [-0.25, -0.2) is 9.97 Å². The maximum absolute atomic E-state index is 5.91. The molecule has 0 bridgehead atoms. The minimum absolute atomic E-state index is 0.546. The number of fused-ring (bicyclic) bond motifs is 1. The van der Waals surface area contributed by atoms with Crippen LogP contribution in [0.1, 0.15) is 43.4 Å². The molecule has 0 radical (unpaired) electrons. The van der Waals surface area contributed by atoms with Crippen molar-refractivity contribution >= 4 is 39.0 Å². The zero-order valence-electron chi connectivity index (χ0n) is 10.9. The largest absolute Gasteiger partial charge is 0.367 e. The Bertz CT molecular complexity index is 547. The fourth-order valence-electron chi connectivity index (χ4n) is 2.70. The summed E-state index contributed by atoms with van der Waals surface area (Å²) < 4.78 is 0. The second-order valence-corrected chi connectivity index (χ2v) is 6.50. The van der Waals surface area contributed by atoms with Crippen LogP contribution in [-0.4, -0.2) is 16.0 Å². The number of hydrogen-bond donors (Lipinski definition) is 1. The molecule has 1 N–H and O–H groups in total. The number of rotatable bonds is 3. The summed E-state index contributed by atoms with van der Waals surface area (Å²) in [6.07, 6.45) is 9.52. The second kappa shape index (κ2) is 6.06. The summed E-state index contributed by atoms with van der Waals surface area (Å²) in [5, 5.41) is 4.73. The first-order valence-corrected chi connectivity index (χ1v) is 8.28. The van der Waals surface area contributed by atoms with E-state index in [0.29, 0.717) is 11.9 Å². The van der Waals surface area contributed by atoms with Crippen molar-refractivity contribution in [2.75, 3.05) is 5.32 Å². The maximum atomic E-state index is 5.91. The summed E-state index contributed by atoms with van der Waals surface area (Å²) in [6, 6.07) is 2.67. The van der Waals surface area contributed by atoms with E-state index in [2.05, 4.69) is 21.4 Å². The van der Waals surface area contributed by atoms with Gasteiger partial charge in [0.2, 0.25) is 0 Å². The van der Waals surface area contributed by atoms with Crippen LogP contribution in [0.15, 0.2) is 12.4 Å². The molecule has 1 aliphatic carbocycles. The molecule has 1 fully saturated rings. The Morgan fingerprint density at radius 1 is 1.21 bits per heavy atom. The molecule has 0 spiro atoms. The predicted octanol–water partition coefficient (Wildman–Crippen LogP) is 4.56. The van der Waals surface area contributed by atoms with Crippen LogP contribution in [0.3, 0.4) is 0 Å². The number of aromatic nitrogens is 2. The predicted molar refractivity (Wildman–Crippen MR) is 82.1 cm³/mol. The van der Waals surface area contributed by atoms with Crippen molar-refractivity contribution in [3.63, 3.8) is 0 Å². The third-order valence-corrected chi connectivity index (χ3v) is 5.20. The van der Waals surface area contributed by atoms with E-state index in [-0.39, 0.29) is 0 Å². The minimum atomic E-state index is 0.546. The van der Waals surface area contributed by atoms with Gasteiger partial charge in [-0.2, -0.15) is 0 Å². The molecule has 1 saturated carbocycles. The van der Waals surface area contributed by atoms with Crippen LogP contribution in [0.5, 0.6) is 0 Å². The second-order valence-electron chi connectivity index (χ2n) is 5.12. The molecule has 3 rings (SSSR count). The number of anilines is 1. The summed E-state index contributed by atoms with van der Waals surface area (Å²) >= 11 is 7.56. The van der Waals surface area contributed by atoms with Gasteiger partial charge in [-0.05, 0) is 18.9 Å². The van der Waals surface area contributed by atoms with Crippen LogP contribution in [0.4, 0.5) is 5.82 Å². The molecular formula is C14H18ClN3S. The lowest BCUT2D eigenvalue weighted by Gasteiger charge is -2.17. The zero-order chi connectivity index (χ0) is 13.1. The third-order valence-electron chi connectivity index (χ3n) is 3.71. The first kappa shape index (κ1) is 13.1. The van der Waals surface area contributed by atoms with Crippen LogP contribution < -0.4 is 5.32 Å². The SMILES string of the molecule is ClCc1cc2c(NC3CCCCCC3)ncnc2s1. The summed E-state index contributed by atoms with van der Waals surface area (Å²) in [6.45, 7) is 0. The van der Waals surface area contributed by atoms with E-state index in [1.54, 1.807) is 17.7 Å². The number of thiophene rings is 1. The maximum Gasteiger partial charge on any atom is 0.138 e. The molecule has 102 valence electrons. The first-order chi connectivity index (χ1) is 9.36. The Kier molecular flexibility index (Phi) is 4.18. The topological polar surface area (TPSA) is 37.8 Å². The highest BCUT2D eigenvalue weighted by atomic mass is 35.5. The number of alkyl halides is 1. The van der Waals surface area contributed by atoms with Gasteiger partial charge in [0, 0.05) is 10.9 Å². The summed E-state index contributed by atoms with van der Waals surface area (Å²) in [5.41, 5.74) is 0. The van der Waals surface area contributed by atoms with Gasteiger partial charge < -0.3 is 5.32 Å². The summed E-state index contributed by atoms with van der Waals surface area (Å²) in [7, 11) is 0. The summed E-state index contributed by atoms with van der Waals surface area (Å²) in [5.74, 6) is 1.52. The number of halogens is 1. The van der Waals surface area contributed by atoms with Crippen LogP contribution in [0.25, 0.3) is 10.2 Å². The highest BCUT2D eigenvalue weighted by Crippen LogP contribution is 2.30. The Balaban J connectivity index is 1.84. The molecule has 0 unspecified atom stereocenters. The zero-order valence-corrected chi connectivity index (χ0v) is 12.4. The van der Waals surface area contributed by atoms with Gasteiger partial charge in [-0.3, -0.25) is 0 Å². The molecule has 0 aromatic carbocycles. The Labute approximate surface area is 122 Å². The molecule has 0 amide bonds. The normalized spacial score (nSPS) is 17.5. The average Bonchev–Trinajstić information content (AvgIpc) is 2.70. The van der Waals surface area contributed by atoms with E-state index in [4.69, 9.17) is 11.6 Å². The molecule has 2 aromatic heterocycles.